The van der Waals surface area contributed by atoms with Crippen LogP contribution < -0.4 is 0 Å². The molecule has 0 fully saturated rings. The minimum absolute atomic E-state index is 0.108. The Morgan fingerprint density at radius 3 is 2.12 bits per heavy atom. The van der Waals surface area contributed by atoms with Gasteiger partial charge in [0.2, 0.25) is 0 Å². The Hall–Kier alpha value is -0.0400. The smallest absolute Gasteiger partial charge is 0.0431 e. The predicted molar refractivity (Wildman–Crippen MR) is 34.4 cm³/mol. The highest BCUT2D eigenvalue weighted by molar-refractivity contribution is 4.69. The van der Waals surface area contributed by atoms with Crippen molar-refractivity contribution in [2.75, 3.05) is 6.61 Å². The van der Waals surface area contributed by atoms with Crippen molar-refractivity contribution in [1.29, 1.82) is 0 Å². The number of aliphatic hydroxyl groups excluding tert-OH is 1. The molecule has 1 heteroatoms. The van der Waals surface area contributed by atoms with Crippen molar-refractivity contribution in [3.8, 4) is 0 Å². The van der Waals surface area contributed by atoms with Gasteiger partial charge in [-0.05, 0) is 25.2 Å². The molecule has 0 aromatic heterocycles. The summed E-state index contributed by atoms with van der Waals surface area (Å²) in [4.78, 5) is 0. The van der Waals surface area contributed by atoms with Crippen LogP contribution >= 0.6 is 0 Å². The lowest BCUT2D eigenvalue weighted by Gasteiger charge is -2.15. The van der Waals surface area contributed by atoms with Crippen LogP contribution in [0.4, 0.5) is 0 Å². The molecule has 48 valence electrons. The number of hydrogen-bond acceptors (Lipinski definition) is 1. The quantitative estimate of drug-likeness (QED) is 0.589. The van der Waals surface area contributed by atoms with Gasteiger partial charge in [-0.3, -0.25) is 0 Å². The Morgan fingerprint density at radius 2 is 2.00 bits per heavy atom. The summed E-state index contributed by atoms with van der Waals surface area (Å²) in [5.41, 5.74) is -0.108. The first-order chi connectivity index (χ1) is 3.56. The molecule has 0 aliphatic heterocycles. The van der Waals surface area contributed by atoms with Crippen molar-refractivity contribution < 1.29 is 5.11 Å². The molecule has 0 saturated carbocycles. The molecule has 0 aliphatic rings. The highest BCUT2D eigenvalue weighted by atomic mass is 16.2. The van der Waals surface area contributed by atoms with Gasteiger partial charge in [0, 0.05) is 6.61 Å². The highest BCUT2D eigenvalue weighted by Crippen LogP contribution is 2.18. The second kappa shape index (κ2) is 3.08. The van der Waals surface area contributed by atoms with Crippen LogP contribution in [0.5, 0.6) is 0 Å². The summed E-state index contributed by atoms with van der Waals surface area (Å²) in [5.74, 6) is 0. The fourth-order valence-electron chi connectivity index (χ4n) is 0.535. The van der Waals surface area contributed by atoms with E-state index < -0.39 is 0 Å². The summed E-state index contributed by atoms with van der Waals surface area (Å²) in [6.45, 7) is 9.78. The second-order valence-electron chi connectivity index (χ2n) is 2.82. The number of rotatable bonds is 3. The van der Waals surface area contributed by atoms with Crippen molar-refractivity contribution in [1.82, 2.24) is 0 Å². The van der Waals surface area contributed by atoms with Crippen molar-refractivity contribution in [3.05, 3.63) is 6.92 Å². The van der Waals surface area contributed by atoms with Gasteiger partial charge < -0.3 is 5.11 Å². The lowest BCUT2D eigenvalue weighted by Crippen LogP contribution is -2.05. The molecule has 8 heavy (non-hydrogen) atoms. The summed E-state index contributed by atoms with van der Waals surface area (Å²) in [6.07, 6.45) is 1.70. The van der Waals surface area contributed by atoms with Gasteiger partial charge in [0.1, 0.15) is 0 Å². The first-order valence-electron chi connectivity index (χ1n) is 2.96. The molecule has 0 spiro atoms. The highest BCUT2D eigenvalue weighted by Gasteiger charge is 2.08. The first kappa shape index (κ1) is 7.96. The van der Waals surface area contributed by atoms with E-state index in [1.807, 2.05) is 13.8 Å². The van der Waals surface area contributed by atoms with E-state index in [4.69, 9.17) is 12.0 Å². The Bertz CT molecular complexity index is 51.9. The van der Waals surface area contributed by atoms with E-state index in [0.717, 1.165) is 12.8 Å². The molecule has 2 radical (unpaired) electrons. The van der Waals surface area contributed by atoms with Crippen LogP contribution in [0.1, 0.15) is 26.7 Å². The topological polar surface area (TPSA) is 20.2 Å². The molecule has 1 nitrogen and oxygen atoms in total. The van der Waals surface area contributed by atoms with Gasteiger partial charge in [-0.1, -0.05) is 13.8 Å². The SMILES string of the molecule is [CH]C(C)(C)CCCO. The largest absolute Gasteiger partial charge is 0.396 e. The van der Waals surface area contributed by atoms with Crippen molar-refractivity contribution in [2.45, 2.75) is 26.7 Å². The van der Waals surface area contributed by atoms with Crippen molar-refractivity contribution in [3.63, 3.8) is 0 Å². The van der Waals surface area contributed by atoms with Crippen LogP contribution in [0.3, 0.4) is 0 Å². The van der Waals surface area contributed by atoms with Gasteiger partial charge in [-0.2, -0.15) is 0 Å². The molecular formula is C7H14O. The van der Waals surface area contributed by atoms with E-state index in [2.05, 4.69) is 0 Å². The van der Waals surface area contributed by atoms with Gasteiger partial charge in [0.15, 0.2) is 0 Å². The fourth-order valence-corrected chi connectivity index (χ4v) is 0.535. The zero-order valence-electron chi connectivity index (χ0n) is 5.65. The van der Waals surface area contributed by atoms with Crippen LogP contribution in [0.2, 0.25) is 0 Å². The van der Waals surface area contributed by atoms with E-state index in [1.165, 1.54) is 0 Å². The minimum Gasteiger partial charge on any atom is -0.396 e. The average molecular weight is 114 g/mol. The standard InChI is InChI=1S/C7H14O/c1-7(2,3)5-4-6-8/h1,8H,4-6H2,2-3H3. The maximum atomic E-state index is 8.37. The number of aliphatic hydroxyl groups is 1. The van der Waals surface area contributed by atoms with Crippen molar-refractivity contribution >= 4 is 0 Å². The second-order valence-corrected chi connectivity index (χ2v) is 2.82. The van der Waals surface area contributed by atoms with E-state index in [9.17, 15) is 0 Å². The molecule has 0 heterocycles. The molecule has 1 N–H and O–H groups in total. The van der Waals surface area contributed by atoms with E-state index in [0.29, 0.717) is 0 Å². The lowest BCUT2D eigenvalue weighted by atomic mass is 9.91. The minimum atomic E-state index is -0.108. The van der Waals surface area contributed by atoms with E-state index >= 15 is 0 Å². The maximum absolute atomic E-state index is 8.37. The summed E-state index contributed by atoms with van der Waals surface area (Å²) >= 11 is 0. The van der Waals surface area contributed by atoms with Crippen LogP contribution in [0.15, 0.2) is 0 Å². The van der Waals surface area contributed by atoms with E-state index in [-0.39, 0.29) is 12.0 Å². The molecule has 0 atom stereocenters. The van der Waals surface area contributed by atoms with Crippen LogP contribution in [-0.2, 0) is 0 Å². The third-order valence-electron chi connectivity index (χ3n) is 0.979. The summed E-state index contributed by atoms with van der Waals surface area (Å²) < 4.78 is 0. The Kier molecular flexibility index (Phi) is 3.06. The third-order valence-corrected chi connectivity index (χ3v) is 0.979. The summed E-state index contributed by atoms with van der Waals surface area (Å²) in [7, 11) is 0. The monoisotopic (exact) mass is 114 g/mol. The van der Waals surface area contributed by atoms with Gasteiger partial charge in [0.25, 0.3) is 0 Å². The third kappa shape index (κ3) is 5.96. The normalized spacial score (nSPS) is 12.0. The molecule has 0 bridgehead atoms. The molecular weight excluding hydrogens is 100 g/mol. The molecule has 0 saturated heterocycles. The molecule has 0 aromatic rings. The van der Waals surface area contributed by atoms with Crippen LogP contribution in [0.25, 0.3) is 0 Å². The van der Waals surface area contributed by atoms with Crippen molar-refractivity contribution in [2.24, 2.45) is 5.41 Å². The Morgan fingerprint density at radius 1 is 1.50 bits per heavy atom. The zero-order chi connectivity index (χ0) is 6.62. The molecule has 0 aromatic carbocycles. The maximum Gasteiger partial charge on any atom is 0.0431 e. The van der Waals surface area contributed by atoms with Gasteiger partial charge in [-0.15, -0.1) is 0 Å². The van der Waals surface area contributed by atoms with E-state index in [1.54, 1.807) is 0 Å². The van der Waals surface area contributed by atoms with Gasteiger partial charge in [-0.25, -0.2) is 0 Å². The first-order valence-corrected chi connectivity index (χ1v) is 2.96. The molecule has 0 rings (SSSR count). The van der Waals surface area contributed by atoms with Gasteiger partial charge >= 0.3 is 0 Å². The number of hydrogen-bond donors (Lipinski definition) is 1. The molecule has 0 amide bonds. The van der Waals surface area contributed by atoms with Gasteiger partial charge in [0.05, 0.1) is 0 Å². The predicted octanol–water partition coefficient (Wildman–Crippen LogP) is 1.50. The van der Waals surface area contributed by atoms with Crippen LogP contribution in [0, 0.1) is 12.3 Å². The molecule has 0 unspecified atom stereocenters. The molecule has 0 aliphatic carbocycles. The lowest BCUT2D eigenvalue weighted by molar-refractivity contribution is 0.261. The zero-order valence-corrected chi connectivity index (χ0v) is 5.65. The summed E-state index contributed by atoms with van der Waals surface area (Å²) in [6, 6.07) is 0. The fraction of sp³-hybridized carbons (Fsp3) is 0.857. The Labute approximate surface area is 51.7 Å². The van der Waals surface area contributed by atoms with Crippen LogP contribution in [-0.4, -0.2) is 11.7 Å². The summed E-state index contributed by atoms with van der Waals surface area (Å²) in [5, 5.41) is 8.37. The average Bonchev–Trinajstić information content (AvgIpc) is 1.59. The Balaban J connectivity index is 3.11.